The lowest BCUT2D eigenvalue weighted by Gasteiger charge is -2.38. The first kappa shape index (κ1) is 18.9. The molecule has 1 aromatic rings. The second-order valence-corrected chi connectivity index (χ2v) is 6.69. The first-order valence-electron chi connectivity index (χ1n) is 7.31. The summed E-state index contributed by atoms with van der Waals surface area (Å²) in [5.74, 6) is 0.492. The molecule has 0 aromatic carbocycles. The third-order valence-corrected chi connectivity index (χ3v) is 4.88. The smallest absolute Gasteiger partial charge is 0.264 e. The van der Waals surface area contributed by atoms with Crippen LogP contribution < -0.4 is 5.73 Å². The van der Waals surface area contributed by atoms with Crippen LogP contribution in [0.4, 0.5) is 0 Å². The minimum atomic E-state index is -0.104. The Labute approximate surface area is 141 Å². The van der Waals surface area contributed by atoms with Crippen LogP contribution in [0.25, 0.3) is 0 Å². The van der Waals surface area contributed by atoms with Crippen molar-refractivity contribution in [3.05, 3.63) is 22.4 Å². The van der Waals surface area contributed by atoms with Gasteiger partial charge in [-0.25, -0.2) is 0 Å². The molecule has 7 heteroatoms. The van der Waals surface area contributed by atoms with Crippen LogP contribution in [-0.2, 0) is 4.79 Å². The highest BCUT2D eigenvalue weighted by Gasteiger charge is 2.30. The van der Waals surface area contributed by atoms with Crippen molar-refractivity contribution < 1.29 is 9.59 Å². The average molecular weight is 346 g/mol. The van der Waals surface area contributed by atoms with E-state index in [0.717, 1.165) is 19.4 Å². The first-order chi connectivity index (χ1) is 10.0. The fourth-order valence-electron chi connectivity index (χ4n) is 2.76. The van der Waals surface area contributed by atoms with Crippen molar-refractivity contribution in [2.75, 3.05) is 26.7 Å². The van der Waals surface area contributed by atoms with E-state index >= 15 is 0 Å². The Bertz CT molecular complexity index is 495. The number of halogens is 1. The van der Waals surface area contributed by atoms with Crippen LogP contribution in [0, 0.1) is 5.92 Å². The average Bonchev–Trinajstić information content (AvgIpc) is 3.00. The van der Waals surface area contributed by atoms with E-state index in [4.69, 9.17) is 5.73 Å². The number of rotatable bonds is 4. The molecule has 124 valence electrons. The van der Waals surface area contributed by atoms with E-state index in [1.165, 1.54) is 16.2 Å². The molecule has 1 aliphatic rings. The third-order valence-electron chi connectivity index (χ3n) is 4.02. The van der Waals surface area contributed by atoms with Crippen molar-refractivity contribution in [2.24, 2.45) is 11.7 Å². The molecule has 0 saturated carbocycles. The molecule has 22 heavy (non-hydrogen) atoms. The number of likely N-dealkylation sites (N-methyl/N-ethyl adjacent to an activating group) is 1. The number of piperidine rings is 1. The van der Waals surface area contributed by atoms with E-state index in [-0.39, 0.29) is 36.8 Å². The molecule has 1 aromatic heterocycles. The van der Waals surface area contributed by atoms with Gasteiger partial charge in [0, 0.05) is 26.2 Å². The summed E-state index contributed by atoms with van der Waals surface area (Å²) in [6.07, 6.45) is 1.95. The number of likely N-dealkylation sites (tertiary alicyclic amines) is 1. The molecular formula is C15H24ClN3O2S. The normalized spacial score (nSPS) is 21.1. The van der Waals surface area contributed by atoms with Gasteiger partial charge in [0.25, 0.3) is 5.91 Å². The van der Waals surface area contributed by atoms with Crippen molar-refractivity contribution >= 4 is 35.6 Å². The van der Waals surface area contributed by atoms with E-state index in [2.05, 4.69) is 6.92 Å². The van der Waals surface area contributed by atoms with Gasteiger partial charge < -0.3 is 15.5 Å². The second-order valence-electron chi connectivity index (χ2n) is 5.74. The molecule has 0 spiro atoms. The monoisotopic (exact) mass is 345 g/mol. The highest BCUT2D eigenvalue weighted by molar-refractivity contribution is 7.12. The second kappa shape index (κ2) is 8.50. The van der Waals surface area contributed by atoms with Gasteiger partial charge in [-0.3, -0.25) is 9.59 Å². The fraction of sp³-hybridized carbons (Fsp3) is 0.600. The van der Waals surface area contributed by atoms with Gasteiger partial charge in [-0.1, -0.05) is 13.0 Å². The summed E-state index contributed by atoms with van der Waals surface area (Å²) in [6.45, 7) is 3.53. The molecule has 2 unspecified atom stereocenters. The highest BCUT2D eigenvalue weighted by atomic mass is 35.5. The van der Waals surface area contributed by atoms with Crippen LogP contribution in [0.2, 0.25) is 0 Å². The fourth-order valence-corrected chi connectivity index (χ4v) is 3.47. The van der Waals surface area contributed by atoms with E-state index < -0.39 is 0 Å². The van der Waals surface area contributed by atoms with Gasteiger partial charge >= 0.3 is 0 Å². The standard InChI is InChI=1S/C15H23N3O2S.ClH/c1-11-5-6-18(12(8-11)9-16)14(19)10-17(2)15(20)13-4-3-7-21-13;/h3-4,7,11-12H,5-6,8-10,16H2,1-2H3;1H. The van der Waals surface area contributed by atoms with Gasteiger partial charge in [0.2, 0.25) is 5.91 Å². The number of hydrogen-bond acceptors (Lipinski definition) is 4. The van der Waals surface area contributed by atoms with Crippen LogP contribution in [0.5, 0.6) is 0 Å². The molecule has 2 atom stereocenters. The Morgan fingerprint density at radius 1 is 1.50 bits per heavy atom. The third kappa shape index (κ3) is 4.44. The Balaban J connectivity index is 0.00000242. The van der Waals surface area contributed by atoms with Crippen LogP contribution in [0.15, 0.2) is 17.5 Å². The molecule has 0 radical (unpaired) electrons. The number of hydrogen-bond donors (Lipinski definition) is 1. The topological polar surface area (TPSA) is 66.6 Å². The maximum absolute atomic E-state index is 12.4. The number of carbonyl (C=O) groups is 2. The minimum Gasteiger partial charge on any atom is -0.337 e. The largest absolute Gasteiger partial charge is 0.337 e. The first-order valence-corrected chi connectivity index (χ1v) is 8.19. The lowest BCUT2D eigenvalue weighted by atomic mass is 9.92. The summed E-state index contributed by atoms with van der Waals surface area (Å²) in [5.41, 5.74) is 5.79. The van der Waals surface area contributed by atoms with E-state index in [1.807, 2.05) is 16.3 Å². The van der Waals surface area contributed by atoms with Crippen molar-refractivity contribution in [2.45, 2.75) is 25.8 Å². The maximum Gasteiger partial charge on any atom is 0.264 e. The van der Waals surface area contributed by atoms with E-state index in [0.29, 0.717) is 17.3 Å². The molecule has 2 N–H and O–H groups in total. The molecule has 1 aliphatic heterocycles. The Morgan fingerprint density at radius 3 is 2.82 bits per heavy atom. The summed E-state index contributed by atoms with van der Waals surface area (Å²) >= 11 is 1.39. The van der Waals surface area contributed by atoms with Gasteiger partial charge in [-0.15, -0.1) is 23.7 Å². The Morgan fingerprint density at radius 2 is 2.23 bits per heavy atom. The Kier molecular flexibility index (Phi) is 7.32. The minimum absolute atomic E-state index is 0. The predicted molar refractivity (Wildman–Crippen MR) is 91.5 cm³/mol. The Hall–Kier alpha value is -1.11. The SMILES string of the molecule is CC1CCN(C(=O)CN(C)C(=O)c2cccs2)C(CN)C1.Cl. The summed E-state index contributed by atoms with van der Waals surface area (Å²) in [4.78, 5) is 28.6. The number of carbonyl (C=O) groups excluding carboxylic acids is 2. The molecule has 1 fully saturated rings. The molecular weight excluding hydrogens is 322 g/mol. The molecule has 2 rings (SSSR count). The quantitative estimate of drug-likeness (QED) is 0.905. The van der Waals surface area contributed by atoms with Crippen LogP contribution in [-0.4, -0.2) is 54.3 Å². The van der Waals surface area contributed by atoms with Crippen molar-refractivity contribution in [3.8, 4) is 0 Å². The van der Waals surface area contributed by atoms with Crippen LogP contribution >= 0.6 is 23.7 Å². The van der Waals surface area contributed by atoms with Gasteiger partial charge in [-0.05, 0) is 30.2 Å². The lowest BCUT2D eigenvalue weighted by Crippen LogP contribution is -2.52. The maximum atomic E-state index is 12.4. The molecule has 2 amide bonds. The van der Waals surface area contributed by atoms with E-state index in [1.54, 1.807) is 13.1 Å². The summed E-state index contributed by atoms with van der Waals surface area (Å²) in [5, 5.41) is 1.86. The predicted octanol–water partition coefficient (Wildman–Crippen LogP) is 1.83. The molecule has 1 saturated heterocycles. The number of amides is 2. The number of nitrogens with two attached hydrogens (primary N) is 1. The zero-order chi connectivity index (χ0) is 15.4. The van der Waals surface area contributed by atoms with Gasteiger partial charge in [-0.2, -0.15) is 0 Å². The molecule has 0 aliphatic carbocycles. The highest BCUT2D eigenvalue weighted by Crippen LogP contribution is 2.22. The van der Waals surface area contributed by atoms with Crippen molar-refractivity contribution in [1.82, 2.24) is 9.80 Å². The zero-order valence-corrected chi connectivity index (χ0v) is 14.7. The summed E-state index contributed by atoms with van der Waals surface area (Å²) in [6, 6.07) is 3.72. The summed E-state index contributed by atoms with van der Waals surface area (Å²) in [7, 11) is 1.67. The van der Waals surface area contributed by atoms with Crippen LogP contribution in [0.1, 0.15) is 29.4 Å². The lowest BCUT2D eigenvalue weighted by molar-refractivity contribution is -0.135. The molecule has 2 heterocycles. The van der Waals surface area contributed by atoms with Gasteiger partial charge in [0.05, 0.1) is 11.4 Å². The zero-order valence-electron chi connectivity index (χ0n) is 13.0. The van der Waals surface area contributed by atoms with Crippen molar-refractivity contribution in [3.63, 3.8) is 0 Å². The van der Waals surface area contributed by atoms with E-state index in [9.17, 15) is 9.59 Å². The van der Waals surface area contributed by atoms with Gasteiger partial charge in [0.15, 0.2) is 0 Å². The van der Waals surface area contributed by atoms with Gasteiger partial charge in [0.1, 0.15) is 0 Å². The summed E-state index contributed by atoms with van der Waals surface area (Å²) < 4.78 is 0. The number of thiophene rings is 1. The molecule has 5 nitrogen and oxygen atoms in total. The van der Waals surface area contributed by atoms with Crippen LogP contribution in [0.3, 0.4) is 0 Å². The van der Waals surface area contributed by atoms with Crippen molar-refractivity contribution in [1.29, 1.82) is 0 Å². The molecule has 0 bridgehead atoms. The number of nitrogens with zero attached hydrogens (tertiary/aromatic N) is 2.